The fraction of sp³-hybridized carbons (Fsp3) is 0.158. The summed E-state index contributed by atoms with van der Waals surface area (Å²) in [7, 11) is 0. The molecule has 0 aromatic heterocycles. The number of hydrogen-bond acceptors (Lipinski definition) is 4. The van der Waals surface area contributed by atoms with E-state index in [2.05, 4.69) is 10.6 Å². The molecule has 6 heteroatoms. The average molecular weight is 332 g/mol. The van der Waals surface area contributed by atoms with Gasteiger partial charge in [-0.2, -0.15) is 10.5 Å². The molecule has 1 atom stereocenters. The zero-order valence-corrected chi connectivity index (χ0v) is 13.6. The van der Waals surface area contributed by atoms with Gasteiger partial charge in [-0.25, -0.2) is 0 Å². The molecule has 0 bridgehead atoms. The van der Waals surface area contributed by atoms with Gasteiger partial charge in [0.05, 0.1) is 23.3 Å². The van der Waals surface area contributed by atoms with Gasteiger partial charge in [-0.15, -0.1) is 0 Å². The predicted octanol–water partition coefficient (Wildman–Crippen LogP) is 1.98. The van der Waals surface area contributed by atoms with Crippen molar-refractivity contribution < 1.29 is 9.59 Å². The Hall–Kier alpha value is -3.64. The predicted molar refractivity (Wildman–Crippen MR) is 91.6 cm³/mol. The number of nitrogens with zero attached hydrogens (tertiary/aromatic N) is 2. The van der Waals surface area contributed by atoms with Gasteiger partial charge in [0.15, 0.2) is 0 Å². The fourth-order valence-electron chi connectivity index (χ4n) is 2.10. The second-order valence-electron chi connectivity index (χ2n) is 5.46. The monoisotopic (exact) mass is 332 g/mol. The van der Waals surface area contributed by atoms with Gasteiger partial charge in [0.25, 0.3) is 11.8 Å². The maximum atomic E-state index is 12.1. The van der Waals surface area contributed by atoms with Crippen LogP contribution in [0.25, 0.3) is 0 Å². The molecule has 2 N–H and O–H groups in total. The van der Waals surface area contributed by atoms with Gasteiger partial charge in [0, 0.05) is 23.7 Å². The van der Waals surface area contributed by atoms with Gasteiger partial charge < -0.3 is 10.6 Å². The van der Waals surface area contributed by atoms with Crippen molar-refractivity contribution in [3.05, 3.63) is 70.8 Å². The van der Waals surface area contributed by atoms with Crippen molar-refractivity contribution >= 4 is 11.8 Å². The number of nitriles is 2. The van der Waals surface area contributed by atoms with E-state index in [9.17, 15) is 9.59 Å². The zero-order chi connectivity index (χ0) is 18.2. The third-order valence-electron chi connectivity index (χ3n) is 3.50. The van der Waals surface area contributed by atoms with Crippen molar-refractivity contribution in [2.24, 2.45) is 0 Å². The molecular formula is C19H16N4O2. The van der Waals surface area contributed by atoms with Crippen LogP contribution in [0.1, 0.15) is 38.8 Å². The molecule has 0 aliphatic carbocycles. The Labute approximate surface area is 145 Å². The Bertz CT molecular complexity index is 843. The van der Waals surface area contributed by atoms with Gasteiger partial charge in [-0.05, 0) is 55.5 Å². The molecule has 0 spiro atoms. The molecule has 0 aliphatic heterocycles. The maximum Gasteiger partial charge on any atom is 0.251 e. The number of amides is 2. The lowest BCUT2D eigenvalue weighted by molar-refractivity contribution is 0.0912. The van der Waals surface area contributed by atoms with E-state index >= 15 is 0 Å². The van der Waals surface area contributed by atoms with E-state index in [4.69, 9.17) is 10.5 Å². The summed E-state index contributed by atoms with van der Waals surface area (Å²) in [5.74, 6) is -0.548. The number of rotatable bonds is 5. The second kappa shape index (κ2) is 8.28. The van der Waals surface area contributed by atoms with E-state index in [1.54, 1.807) is 55.5 Å². The molecule has 0 unspecified atom stereocenters. The summed E-state index contributed by atoms with van der Waals surface area (Å²) in [6, 6.07) is 16.3. The average Bonchev–Trinajstić information content (AvgIpc) is 2.66. The van der Waals surface area contributed by atoms with Crippen molar-refractivity contribution in [2.75, 3.05) is 6.54 Å². The summed E-state index contributed by atoms with van der Waals surface area (Å²) in [4.78, 5) is 24.1. The van der Waals surface area contributed by atoms with Crippen LogP contribution >= 0.6 is 0 Å². The first-order valence-electron chi connectivity index (χ1n) is 7.63. The molecule has 2 amide bonds. The molecule has 0 heterocycles. The lowest BCUT2D eigenvalue weighted by Gasteiger charge is -2.15. The minimum Gasteiger partial charge on any atom is -0.350 e. The molecule has 0 radical (unpaired) electrons. The normalized spacial score (nSPS) is 10.8. The van der Waals surface area contributed by atoms with Crippen LogP contribution in [-0.4, -0.2) is 24.4 Å². The first-order chi connectivity index (χ1) is 12.0. The molecule has 0 saturated carbocycles. The molecule has 124 valence electrons. The van der Waals surface area contributed by atoms with Crippen LogP contribution in [0.15, 0.2) is 48.5 Å². The summed E-state index contributed by atoms with van der Waals surface area (Å²) in [5.41, 5.74) is 1.87. The smallest absolute Gasteiger partial charge is 0.251 e. The van der Waals surface area contributed by atoms with Crippen LogP contribution < -0.4 is 10.6 Å². The van der Waals surface area contributed by atoms with E-state index in [0.29, 0.717) is 22.3 Å². The highest BCUT2D eigenvalue weighted by molar-refractivity contribution is 5.95. The van der Waals surface area contributed by atoms with Crippen molar-refractivity contribution in [3.8, 4) is 12.1 Å². The minimum absolute atomic E-state index is 0.265. The highest BCUT2D eigenvalue weighted by Gasteiger charge is 2.12. The van der Waals surface area contributed by atoms with Gasteiger partial charge in [0.2, 0.25) is 0 Å². The summed E-state index contributed by atoms with van der Waals surface area (Å²) in [6.45, 7) is 2.04. The largest absolute Gasteiger partial charge is 0.350 e. The highest BCUT2D eigenvalue weighted by atomic mass is 16.2. The molecule has 0 fully saturated rings. The standard InChI is InChI=1S/C19H16N4O2/c1-13(23-19(25)17-8-4-15(11-21)5-9-17)12-22-18(24)16-6-2-14(10-20)3-7-16/h2-9,13H,12H2,1H3,(H,22,24)(H,23,25)/t13-/m1/s1. The van der Waals surface area contributed by atoms with Crippen LogP contribution in [0.3, 0.4) is 0 Å². The first-order valence-corrected chi connectivity index (χ1v) is 7.63. The van der Waals surface area contributed by atoms with Crippen LogP contribution in [0.5, 0.6) is 0 Å². The number of carbonyl (C=O) groups excluding carboxylic acids is 2. The van der Waals surface area contributed by atoms with Gasteiger partial charge >= 0.3 is 0 Å². The third-order valence-corrected chi connectivity index (χ3v) is 3.50. The van der Waals surface area contributed by atoms with E-state index in [1.807, 2.05) is 12.1 Å². The number of hydrogen-bond donors (Lipinski definition) is 2. The Kier molecular flexibility index (Phi) is 5.86. The van der Waals surface area contributed by atoms with Crippen LogP contribution in [0, 0.1) is 22.7 Å². The van der Waals surface area contributed by atoms with Crippen molar-refractivity contribution in [3.63, 3.8) is 0 Å². The van der Waals surface area contributed by atoms with Gasteiger partial charge in [-0.3, -0.25) is 9.59 Å². The first kappa shape index (κ1) is 17.7. The van der Waals surface area contributed by atoms with E-state index in [1.165, 1.54) is 0 Å². The van der Waals surface area contributed by atoms with Crippen LogP contribution in [0.2, 0.25) is 0 Å². The Balaban J connectivity index is 1.85. The number of nitrogens with one attached hydrogen (secondary N) is 2. The van der Waals surface area contributed by atoms with Crippen molar-refractivity contribution in [1.29, 1.82) is 10.5 Å². The van der Waals surface area contributed by atoms with Crippen LogP contribution in [-0.2, 0) is 0 Å². The minimum atomic E-state index is -0.274. The van der Waals surface area contributed by atoms with Gasteiger partial charge in [0.1, 0.15) is 0 Å². The lowest BCUT2D eigenvalue weighted by Crippen LogP contribution is -2.41. The second-order valence-corrected chi connectivity index (χ2v) is 5.46. The van der Waals surface area contributed by atoms with Gasteiger partial charge in [-0.1, -0.05) is 0 Å². The Morgan fingerprint density at radius 2 is 1.32 bits per heavy atom. The quantitative estimate of drug-likeness (QED) is 0.873. The van der Waals surface area contributed by atoms with Crippen molar-refractivity contribution in [1.82, 2.24) is 10.6 Å². The highest BCUT2D eigenvalue weighted by Crippen LogP contribution is 2.04. The molecular weight excluding hydrogens is 316 g/mol. The summed E-state index contributed by atoms with van der Waals surface area (Å²) in [5, 5.41) is 23.0. The fourth-order valence-corrected chi connectivity index (χ4v) is 2.10. The summed E-state index contributed by atoms with van der Waals surface area (Å²) in [6.07, 6.45) is 0. The van der Waals surface area contributed by atoms with E-state index < -0.39 is 0 Å². The molecule has 2 rings (SSSR count). The van der Waals surface area contributed by atoms with Crippen molar-refractivity contribution in [2.45, 2.75) is 13.0 Å². The molecule has 0 aliphatic rings. The van der Waals surface area contributed by atoms with E-state index in [-0.39, 0.29) is 24.4 Å². The Morgan fingerprint density at radius 1 is 0.880 bits per heavy atom. The zero-order valence-electron chi connectivity index (χ0n) is 13.6. The number of carbonyl (C=O) groups is 2. The summed E-state index contributed by atoms with van der Waals surface area (Å²) < 4.78 is 0. The third kappa shape index (κ3) is 4.92. The molecule has 2 aromatic rings. The molecule has 6 nitrogen and oxygen atoms in total. The molecule has 25 heavy (non-hydrogen) atoms. The molecule has 0 saturated heterocycles. The lowest BCUT2D eigenvalue weighted by atomic mass is 10.1. The SMILES string of the molecule is C[C@H](CNC(=O)c1ccc(C#N)cc1)NC(=O)c1ccc(C#N)cc1. The Morgan fingerprint density at radius 3 is 1.76 bits per heavy atom. The topological polar surface area (TPSA) is 106 Å². The number of benzene rings is 2. The molecule has 2 aromatic carbocycles. The van der Waals surface area contributed by atoms with E-state index in [0.717, 1.165) is 0 Å². The summed E-state index contributed by atoms with van der Waals surface area (Å²) >= 11 is 0. The maximum absolute atomic E-state index is 12.1. The van der Waals surface area contributed by atoms with Crippen LogP contribution in [0.4, 0.5) is 0 Å².